The highest BCUT2D eigenvalue weighted by molar-refractivity contribution is 5.90. The zero-order valence-electron chi connectivity index (χ0n) is 16.5. The molecule has 29 heavy (non-hydrogen) atoms. The van der Waals surface area contributed by atoms with Gasteiger partial charge in [-0.05, 0) is 24.3 Å². The summed E-state index contributed by atoms with van der Waals surface area (Å²) < 4.78 is 21.5. The third-order valence-corrected chi connectivity index (χ3v) is 4.15. The molecule has 0 aliphatic rings. The molecular formula is C21H23N3O5. The van der Waals surface area contributed by atoms with Gasteiger partial charge in [0.2, 0.25) is 5.75 Å². The van der Waals surface area contributed by atoms with Crippen LogP contribution in [0, 0.1) is 0 Å². The fourth-order valence-electron chi connectivity index (χ4n) is 2.81. The lowest BCUT2D eigenvalue weighted by molar-refractivity contribution is 0.247. The number of hydrogen-bond acceptors (Lipinski definition) is 6. The molecule has 0 bridgehead atoms. The molecule has 8 nitrogen and oxygen atoms in total. The van der Waals surface area contributed by atoms with E-state index in [4.69, 9.17) is 18.9 Å². The lowest BCUT2D eigenvalue weighted by atomic mass is 10.2. The molecule has 1 aromatic heterocycles. The van der Waals surface area contributed by atoms with Gasteiger partial charge >= 0.3 is 6.03 Å². The second-order valence-corrected chi connectivity index (χ2v) is 6.00. The molecule has 3 rings (SSSR count). The van der Waals surface area contributed by atoms with Crippen molar-refractivity contribution in [1.82, 2.24) is 10.3 Å². The average molecular weight is 397 g/mol. The van der Waals surface area contributed by atoms with Crippen molar-refractivity contribution >= 4 is 22.6 Å². The first kappa shape index (κ1) is 20.1. The second-order valence-electron chi connectivity index (χ2n) is 6.00. The van der Waals surface area contributed by atoms with Gasteiger partial charge < -0.3 is 29.6 Å². The molecule has 0 aliphatic carbocycles. The van der Waals surface area contributed by atoms with Crippen LogP contribution in [0.25, 0.3) is 10.9 Å². The molecule has 0 unspecified atom stereocenters. The third kappa shape index (κ3) is 4.98. The molecule has 0 saturated carbocycles. The summed E-state index contributed by atoms with van der Waals surface area (Å²) >= 11 is 0. The van der Waals surface area contributed by atoms with Crippen molar-refractivity contribution in [2.75, 3.05) is 39.8 Å². The zero-order chi connectivity index (χ0) is 20.6. The number of nitrogens with one attached hydrogen (secondary N) is 2. The van der Waals surface area contributed by atoms with Gasteiger partial charge in [0, 0.05) is 23.7 Å². The molecule has 152 valence electrons. The van der Waals surface area contributed by atoms with Crippen LogP contribution in [0.2, 0.25) is 0 Å². The predicted octanol–water partition coefficient (Wildman–Crippen LogP) is 3.46. The van der Waals surface area contributed by atoms with Gasteiger partial charge in [0.25, 0.3) is 0 Å². The number of rotatable bonds is 8. The lowest BCUT2D eigenvalue weighted by Crippen LogP contribution is -2.32. The van der Waals surface area contributed by atoms with Gasteiger partial charge in [0.1, 0.15) is 12.4 Å². The highest BCUT2D eigenvalue weighted by Gasteiger charge is 2.14. The standard InChI is InChI=1S/C21H23N3O5/c1-26-18-12-15(13-19(27-2)20(18)28-3)24-21(25)23-9-10-29-16-6-7-17-14(11-16)5-4-8-22-17/h4-8,11-13H,9-10H2,1-3H3,(H2,23,24,25). The molecule has 2 amide bonds. The fourth-order valence-corrected chi connectivity index (χ4v) is 2.81. The maximum absolute atomic E-state index is 12.2. The first-order valence-corrected chi connectivity index (χ1v) is 8.97. The van der Waals surface area contributed by atoms with Crippen molar-refractivity contribution in [2.45, 2.75) is 0 Å². The van der Waals surface area contributed by atoms with Gasteiger partial charge in [0.15, 0.2) is 11.5 Å². The number of aromatic nitrogens is 1. The van der Waals surface area contributed by atoms with E-state index in [0.29, 0.717) is 36.1 Å². The van der Waals surface area contributed by atoms with Gasteiger partial charge in [-0.1, -0.05) is 6.07 Å². The van der Waals surface area contributed by atoms with Crippen molar-refractivity contribution < 1.29 is 23.7 Å². The predicted molar refractivity (Wildman–Crippen MR) is 110 cm³/mol. The van der Waals surface area contributed by atoms with E-state index in [2.05, 4.69) is 15.6 Å². The molecule has 3 aromatic rings. The number of carbonyl (C=O) groups is 1. The normalized spacial score (nSPS) is 10.3. The van der Waals surface area contributed by atoms with Gasteiger partial charge in [-0.25, -0.2) is 4.79 Å². The number of benzene rings is 2. The molecular weight excluding hydrogens is 374 g/mol. The van der Waals surface area contributed by atoms with Crippen LogP contribution >= 0.6 is 0 Å². The molecule has 0 fully saturated rings. The molecule has 8 heteroatoms. The molecule has 1 heterocycles. The summed E-state index contributed by atoms with van der Waals surface area (Å²) in [6.07, 6.45) is 1.75. The molecule has 0 atom stereocenters. The number of nitrogens with zero attached hydrogens (tertiary/aromatic N) is 1. The quantitative estimate of drug-likeness (QED) is 0.566. The summed E-state index contributed by atoms with van der Waals surface area (Å²) in [4.78, 5) is 16.4. The summed E-state index contributed by atoms with van der Waals surface area (Å²) in [5.74, 6) is 2.09. The first-order chi connectivity index (χ1) is 14.1. The number of hydrogen-bond donors (Lipinski definition) is 2. The van der Waals surface area contributed by atoms with Crippen LogP contribution in [-0.4, -0.2) is 45.5 Å². The Morgan fingerprint density at radius 2 is 1.76 bits per heavy atom. The first-order valence-electron chi connectivity index (χ1n) is 8.97. The highest BCUT2D eigenvalue weighted by Crippen LogP contribution is 2.39. The van der Waals surface area contributed by atoms with E-state index in [9.17, 15) is 4.79 Å². The molecule has 2 aromatic carbocycles. The summed E-state index contributed by atoms with van der Waals surface area (Å²) in [6.45, 7) is 0.662. The minimum Gasteiger partial charge on any atom is -0.493 e. The van der Waals surface area contributed by atoms with E-state index in [0.717, 1.165) is 16.7 Å². The Bertz CT molecular complexity index is 968. The van der Waals surface area contributed by atoms with Crippen LogP contribution < -0.4 is 29.6 Å². The van der Waals surface area contributed by atoms with Crippen molar-refractivity contribution in [1.29, 1.82) is 0 Å². The molecule has 0 radical (unpaired) electrons. The van der Waals surface area contributed by atoms with Crippen LogP contribution in [0.5, 0.6) is 23.0 Å². The monoisotopic (exact) mass is 397 g/mol. The Balaban J connectivity index is 1.52. The summed E-state index contributed by atoms with van der Waals surface area (Å²) in [6, 6.07) is 12.4. The van der Waals surface area contributed by atoms with Crippen LogP contribution in [0.15, 0.2) is 48.7 Å². The lowest BCUT2D eigenvalue weighted by Gasteiger charge is -2.15. The number of carbonyl (C=O) groups excluding carboxylic acids is 1. The number of ether oxygens (including phenoxy) is 4. The smallest absolute Gasteiger partial charge is 0.319 e. The number of amides is 2. The van der Waals surface area contributed by atoms with Crippen molar-refractivity contribution in [2.24, 2.45) is 0 Å². The van der Waals surface area contributed by atoms with Gasteiger partial charge in [-0.3, -0.25) is 4.98 Å². The Morgan fingerprint density at radius 1 is 1.00 bits per heavy atom. The average Bonchev–Trinajstić information content (AvgIpc) is 2.75. The number of methoxy groups -OCH3 is 3. The molecule has 0 spiro atoms. The summed E-state index contributed by atoms with van der Waals surface area (Å²) in [7, 11) is 4.55. The van der Waals surface area contributed by atoms with Crippen molar-refractivity contribution in [3.63, 3.8) is 0 Å². The Kier molecular flexibility index (Phi) is 6.57. The fraction of sp³-hybridized carbons (Fsp3) is 0.238. The van der Waals surface area contributed by atoms with Gasteiger partial charge in [0.05, 0.1) is 39.1 Å². The second kappa shape index (κ2) is 9.50. The summed E-state index contributed by atoms with van der Waals surface area (Å²) in [5.41, 5.74) is 1.42. The van der Waals surface area contributed by atoms with E-state index in [1.165, 1.54) is 21.3 Å². The number of anilines is 1. The van der Waals surface area contributed by atoms with Crippen LogP contribution in [0.3, 0.4) is 0 Å². The van der Waals surface area contributed by atoms with Crippen LogP contribution in [0.4, 0.5) is 10.5 Å². The zero-order valence-corrected chi connectivity index (χ0v) is 16.5. The Labute approximate surface area is 168 Å². The van der Waals surface area contributed by atoms with E-state index in [-0.39, 0.29) is 6.03 Å². The molecule has 0 saturated heterocycles. The maximum atomic E-state index is 12.2. The largest absolute Gasteiger partial charge is 0.493 e. The number of fused-ring (bicyclic) bond motifs is 1. The van der Waals surface area contributed by atoms with E-state index in [1.54, 1.807) is 18.3 Å². The Hall–Kier alpha value is -3.68. The van der Waals surface area contributed by atoms with Gasteiger partial charge in [-0.15, -0.1) is 0 Å². The minimum atomic E-state index is -0.370. The van der Waals surface area contributed by atoms with E-state index >= 15 is 0 Å². The van der Waals surface area contributed by atoms with E-state index < -0.39 is 0 Å². The Morgan fingerprint density at radius 3 is 2.45 bits per heavy atom. The van der Waals surface area contributed by atoms with E-state index in [1.807, 2.05) is 30.3 Å². The van der Waals surface area contributed by atoms with Crippen molar-refractivity contribution in [3.05, 3.63) is 48.7 Å². The SMILES string of the molecule is COc1cc(NC(=O)NCCOc2ccc3ncccc3c2)cc(OC)c1OC. The minimum absolute atomic E-state index is 0.328. The highest BCUT2D eigenvalue weighted by atomic mass is 16.5. The maximum Gasteiger partial charge on any atom is 0.319 e. The summed E-state index contributed by atoms with van der Waals surface area (Å²) in [5, 5.41) is 6.48. The topological polar surface area (TPSA) is 90.9 Å². The third-order valence-electron chi connectivity index (χ3n) is 4.15. The molecule has 2 N–H and O–H groups in total. The number of pyridine rings is 1. The van der Waals surface area contributed by atoms with Crippen LogP contribution in [-0.2, 0) is 0 Å². The number of urea groups is 1. The van der Waals surface area contributed by atoms with Gasteiger partial charge in [-0.2, -0.15) is 0 Å². The molecule has 0 aliphatic heterocycles. The van der Waals surface area contributed by atoms with Crippen LogP contribution in [0.1, 0.15) is 0 Å². The van der Waals surface area contributed by atoms with Crippen molar-refractivity contribution in [3.8, 4) is 23.0 Å².